The molecule has 0 heterocycles. The summed E-state index contributed by atoms with van der Waals surface area (Å²) in [6.07, 6.45) is 1.60. The summed E-state index contributed by atoms with van der Waals surface area (Å²) >= 11 is 0. The number of rotatable bonds is 8. The summed E-state index contributed by atoms with van der Waals surface area (Å²) in [6, 6.07) is 3.22. The van der Waals surface area contributed by atoms with E-state index in [4.69, 9.17) is 10.5 Å². The van der Waals surface area contributed by atoms with Gasteiger partial charge in [-0.15, -0.1) is 0 Å². The van der Waals surface area contributed by atoms with Gasteiger partial charge in [0.05, 0.1) is 11.8 Å². The highest BCUT2D eigenvalue weighted by Gasteiger charge is 2.16. The van der Waals surface area contributed by atoms with Crippen LogP contribution in [0.3, 0.4) is 0 Å². The zero-order valence-electron chi connectivity index (χ0n) is 11.7. The van der Waals surface area contributed by atoms with Crippen molar-refractivity contribution in [1.29, 1.82) is 0 Å². The van der Waals surface area contributed by atoms with Crippen molar-refractivity contribution in [2.45, 2.75) is 37.7 Å². The number of ether oxygens (including phenoxy) is 1. The first-order chi connectivity index (χ1) is 9.33. The van der Waals surface area contributed by atoms with Gasteiger partial charge in [-0.2, -0.15) is 0 Å². The summed E-state index contributed by atoms with van der Waals surface area (Å²) in [4.78, 5) is -0.0997. The molecule has 0 aliphatic rings. The molecule has 0 aromatic heterocycles. The van der Waals surface area contributed by atoms with Crippen molar-refractivity contribution in [2.24, 2.45) is 0 Å². The van der Waals surface area contributed by atoms with E-state index < -0.39 is 15.8 Å². The molecule has 0 bridgehead atoms. The normalized spacial score (nSPS) is 12.0. The molecule has 7 heteroatoms. The molecular formula is C13H21FN2O3S. The molecule has 0 aliphatic heterocycles. The highest BCUT2D eigenvalue weighted by molar-refractivity contribution is 7.89. The Morgan fingerprint density at radius 3 is 2.65 bits per heavy atom. The summed E-state index contributed by atoms with van der Waals surface area (Å²) in [5, 5.41) is 0. The van der Waals surface area contributed by atoms with Crippen LogP contribution >= 0.6 is 0 Å². The van der Waals surface area contributed by atoms with Crippen molar-refractivity contribution < 1.29 is 17.5 Å². The molecule has 0 atom stereocenters. The van der Waals surface area contributed by atoms with Crippen LogP contribution in [-0.4, -0.2) is 27.7 Å². The van der Waals surface area contributed by atoms with Crippen LogP contribution in [-0.2, 0) is 14.8 Å². The van der Waals surface area contributed by atoms with Crippen LogP contribution in [0.4, 0.5) is 10.1 Å². The highest BCUT2D eigenvalue weighted by Crippen LogP contribution is 2.18. The largest absolute Gasteiger partial charge is 0.398 e. The molecule has 0 saturated heterocycles. The molecule has 0 spiro atoms. The zero-order chi connectivity index (χ0) is 15.2. The van der Waals surface area contributed by atoms with E-state index in [2.05, 4.69) is 4.72 Å². The van der Waals surface area contributed by atoms with Crippen molar-refractivity contribution in [3.63, 3.8) is 0 Å². The number of halogens is 1. The number of nitrogens with two attached hydrogens (primary N) is 1. The SMILES string of the molecule is CC(C)OCCCCNS(=O)(=O)c1ccc(F)cc1N. The van der Waals surface area contributed by atoms with Gasteiger partial charge in [0.25, 0.3) is 0 Å². The molecule has 114 valence electrons. The van der Waals surface area contributed by atoms with E-state index in [1.807, 2.05) is 13.8 Å². The predicted octanol–water partition coefficient (Wildman–Crippen LogP) is 1.89. The van der Waals surface area contributed by atoms with E-state index in [1.54, 1.807) is 0 Å². The van der Waals surface area contributed by atoms with Crippen LogP contribution in [0.5, 0.6) is 0 Å². The van der Waals surface area contributed by atoms with Gasteiger partial charge in [0.2, 0.25) is 10.0 Å². The minimum Gasteiger partial charge on any atom is -0.398 e. The van der Waals surface area contributed by atoms with Gasteiger partial charge in [-0.25, -0.2) is 17.5 Å². The van der Waals surface area contributed by atoms with Gasteiger partial charge in [-0.1, -0.05) is 0 Å². The third-order valence-corrected chi connectivity index (χ3v) is 4.11. The van der Waals surface area contributed by atoms with Crippen molar-refractivity contribution >= 4 is 15.7 Å². The molecule has 0 radical (unpaired) electrons. The maximum absolute atomic E-state index is 12.9. The Morgan fingerprint density at radius 2 is 2.05 bits per heavy atom. The lowest BCUT2D eigenvalue weighted by molar-refractivity contribution is 0.0762. The highest BCUT2D eigenvalue weighted by atomic mass is 32.2. The Balaban J connectivity index is 2.46. The second-order valence-electron chi connectivity index (χ2n) is 4.71. The van der Waals surface area contributed by atoms with E-state index in [-0.39, 0.29) is 16.7 Å². The number of sulfonamides is 1. The molecule has 0 saturated carbocycles. The van der Waals surface area contributed by atoms with Crippen LogP contribution in [0.2, 0.25) is 0 Å². The Labute approximate surface area is 119 Å². The van der Waals surface area contributed by atoms with Crippen LogP contribution in [0.1, 0.15) is 26.7 Å². The lowest BCUT2D eigenvalue weighted by atomic mass is 10.3. The number of benzene rings is 1. The van der Waals surface area contributed by atoms with Gasteiger partial charge >= 0.3 is 0 Å². The van der Waals surface area contributed by atoms with E-state index in [1.165, 1.54) is 0 Å². The quantitative estimate of drug-likeness (QED) is 0.567. The Kier molecular flexibility index (Phi) is 6.38. The van der Waals surface area contributed by atoms with Crippen molar-refractivity contribution in [3.8, 4) is 0 Å². The third kappa shape index (κ3) is 5.44. The lowest BCUT2D eigenvalue weighted by Crippen LogP contribution is -2.26. The predicted molar refractivity (Wildman–Crippen MR) is 76.3 cm³/mol. The van der Waals surface area contributed by atoms with Gasteiger partial charge < -0.3 is 10.5 Å². The molecule has 0 amide bonds. The maximum Gasteiger partial charge on any atom is 0.242 e. The molecule has 1 aromatic rings. The van der Waals surface area contributed by atoms with Gasteiger partial charge in [0.1, 0.15) is 10.7 Å². The summed E-state index contributed by atoms with van der Waals surface area (Å²) in [6.45, 7) is 4.78. The number of nitrogen functional groups attached to an aromatic ring is 1. The fourth-order valence-electron chi connectivity index (χ4n) is 1.59. The summed E-state index contributed by atoms with van der Waals surface area (Å²) in [7, 11) is -3.69. The van der Waals surface area contributed by atoms with E-state index in [0.717, 1.165) is 24.6 Å². The zero-order valence-corrected chi connectivity index (χ0v) is 12.5. The summed E-state index contributed by atoms with van der Waals surface area (Å²) in [5.41, 5.74) is 5.42. The van der Waals surface area contributed by atoms with E-state index in [0.29, 0.717) is 19.6 Å². The second kappa shape index (κ2) is 7.56. The number of hydrogen-bond acceptors (Lipinski definition) is 4. The van der Waals surface area contributed by atoms with Gasteiger partial charge in [0, 0.05) is 13.2 Å². The third-order valence-electron chi connectivity index (χ3n) is 2.58. The molecule has 3 N–H and O–H groups in total. The lowest BCUT2D eigenvalue weighted by Gasteiger charge is -2.10. The maximum atomic E-state index is 12.9. The van der Waals surface area contributed by atoms with E-state index >= 15 is 0 Å². The second-order valence-corrected chi connectivity index (χ2v) is 6.44. The molecule has 20 heavy (non-hydrogen) atoms. The topological polar surface area (TPSA) is 81.4 Å². The first-order valence-electron chi connectivity index (χ1n) is 6.49. The number of nitrogens with one attached hydrogen (secondary N) is 1. The van der Waals surface area contributed by atoms with Crippen molar-refractivity contribution in [1.82, 2.24) is 4.72 Å². The Hall–Kier alpha value is -1.18. The minimum absolute atomic E-state index is 0.0966. The fourth-order valence-corrected chi connectivity index (χ4v) is 2.78. The fraction of sp³-hybridized carbons (Fsp3) is 0.538. The minimum atomic E-state index is -3.69. The molecule has 1 rings (SSSR count). The first-order valence-corrected chi connectivity index (χ1v) is 7.97. The molecule has 0 fully saturated rings. The van der Waals surface area contributed by atoms with Crippen LogP contribution in [0, 0.1) is 5.82 Å². The monoisotopic (exact) mass is 304 g/mol. The Bertz CT molecular complexity index is 532. The molecule has 1 aromatic carbocycles. The smallest absolute Gasteiger partial charge is 0.242 e. The van der Waals surface area contributed by atoms with Crippen molar-refractivity contribution in [3.05, 3.63) is 24.0 Å². The van der Waals surface area contributed by atoms with Crippen LogP contribution < -0.4 is 10.5 Å². The summed E-state index contributed by atoms with van der Waals surface area (Å²) in [5.74, 6) is -0.563. The molecule has 0 aliphatic carbocycles. The number of hydrogen-bond donors (Lipinski definition) is 2. The molecule has 0 unspecified atom stereocenters. The van der Waals surface area contributed by atoms with Crippen LogP contribution in [0.25, 0.3) is 0 Å². The Morgan fingerprint density at radius 1 is 1.35 bits per heavy atom. The molecule has 5 nitrogen and oxygen atoms in total. The van der Waals surface area contributed by atoms with E-state index in [9.17, 15) is 12.8 Å². The van der Waals surface area contributed by atoms with Gasteiger partial charge in [-0.05, 0) is 44.9 Å². The average Bonchev–Trinajstić information content (AvgIpc) is 2.32. The number of anilines is 1. The standard InChI is InChI=1S/C13H21FN2O3S/c1-10(2)19-8-4-3-7-16-20(17,18)13-6-5-11(14)9-12(13)15/h5-6,9-10,16H,3-4,7-8,15H2,1-2H3. The van der Waals surface area contributed by atoms with Crippen molar-refractivity contribution in [2.75, 3.05) is 18.9 Å². The van der Waals surface area contributed by atoms with Gasteiger partial charge in [-0.3, -0.25) is 0 Å². The van der Waals surface area contributed by atoms with Gasteiger partial charge in [0.15, 0.2) is 0 Å². The average molecular weight is 304 g/mol. The van der Waals surface area contributed by atoms with Crippen LogP contribution in [0.15, 0.2) is 23.1 Å². The summed E-state index contributed by atoms with van der Waals surface area (Å²) < 4.78 is 44.6. The molecular weight excluding hydrogens is 283 g/mol. The number of unbranched alkanes of at least 4 members (excludes halogenated alkanes) is 1. The first kappa shape index (κ1) is 16.9.